The monoisotopic (exact) mass is 134 g/mol. The van der Waals surface area contributed by atoms with Gasteiger partial charge in [-0.05, 0) is 0 Å². The Hall–Kier alpha value is -0.370. The van der Waals surface area contributed by atoms with Crippen molar-refractivity contribution in [3.63, 3.8) is 0 Å². The molecule has 3 heteroatoms. The first kappa shape index (κ1) is 5.76. The lowest BCUT2D eigenvalue weighted by molar-refractivity contribution is -0.0130. The van der Waals surface area contributed by atoms with Crippen LogP contribution in [-0.2, 0) is 9.47 Å². The Morgan fingerprint density at radius 2 is 2.00 bits per heavy atom. The van der Waals surface area contributed by atoms with Crippen LogP contribution in [0.15, 0.2) is 11.5 Å². The summed E-state index contributed by atoms with van der Waals surface area (Å²) in [6.07, 6.45) is 0.953. The van der Waals surface area contributed by atoms with Gasteiger partial charge in [0.1, 0.15) is 0 Å². The fourth-order valence-corrected chi connectivity index (χ4v) is 0.635. The predicted molar refractivity (Wildman–Crippen MR) is 30.5 cm³/mol. The molecule has 1 aliphatic heterocycles. The number of ether oxygens (including phenoxy) is 2. The van der Waals surface area contributed by atoms with Crippen molar-refractivity contribution in [1.82, 2.24) is 0 Å². The van der Waals surface area contributed by atoms with Crippen molar-refractivity contribution in [1.29, 1.82) is 0 Å². The van der Waals surface area contributed by atoms with Gasteiger partial charge in [0.25, 0.3) is 5.95 Å². The molecule has 2 nitrogen and oxygen atoms in total. The van der Waals surface area contributed by atoms with Gasteiger partial charge in [0, 0.05) is 6.42 Å². The molecule has 1 aliphatic rings. The first-order valence-electron chi connectivity index (χ1n) is 2.49. The molecule has 0 radical (unpaired) electrons. The Morgan fingerprint density at radius 3 is 2.38 bits per heavy atom. The van der Waals surface area contributed by atoms with E-state index in [0.29, 0.717) is 5.95 Å². The van der Waals surface area contributed by atoms with Crippen molar-refractivity contribution in [2.24, 2.45) is 0 Å². The fraction of sp³-hybridized carbons (Fsp3) is 0.600. The Balaban J connectivity index is 2.33. The maximum Gasteiger partial charge on any atom is 0.290 e. The maximum atomic E-state index is 5.27. The van der Waals surface area contributed by atoms with Gasteiger partial charge in [-0.15, -0.1) is 0 Å². The molecule has 1 heterocycles. The van der Waals surface area contributed by atoms with Gasteiger partial charge < -0.3 is 9.47 Å². The van der Waals surface area contributed by atoms with E-state index in [1.54, 1.807) is 0 Å². The van der Waals surface area contributed by atoms with Crippen LogP contribution in [0.1, 0.15) is 6.42 Å². The highest BCUT2D eigenvalue weighted by atomic mass is 35.5. The second kappa shape index (κ2) is 2.82. The van der Waals surface area contributed by atoms with Crippen molar-refractivity contribution >= 4 is 11.6 Å². The van der Waals surface area contributed by atoms with Gasteiger partial charge in [-0.2, -0.15) is 0 Å². The topological polar surface area (TPSA) is 18.5 Å². The zero-order valence-electron chi connectivity index (χ0n) is 4.39. The van der Waals surface area contributed by atoms with Crippen LogP contribution in [0.3, 0.4) is 0 Å². The molecule has 0 aromatic carbocycles. The van der Waals surface area contributed by atoms with E-state index >= 15 is 0 Å². The highest BCUT2D eigenvalue weighted by Gasteiger charge is 2.03. The van der Waals surface area contributed by atoms with Crippen molar-refractivity contribution in [3.8, 4) is 0 Å². The van der Waals surface area contributed by atoms with Crippen LogP contribution < -0.4 is 0 Å². The van der Waals surface area contributed by atoms with E-state index < -0.39 is 0 Å². The molecule has 0 N–H and O–H groups in total. The van der Waals surface area contributed by atoms with Crippen LogP contribution in [0.5, 0.6) is 0 Å². The molecule has 0 spiro atoms. The molecule has 0 aliphatic carbocycles. The average Bonchev–Trinajstić information content (AvgIpc) is 1.90. The van der Waals surface area contributed by atoms with Gasteiger partial charge in [-0.25, -0.2) is 0 Å². The Morgan fingerprint density at radius 1 is 1.38 bits per heavy atom. The third-order valence-corrected chi connectivity index (χ3v) is 1.04. The van der Waals surface area contributed by atoms with Crippen LogP contribution in [0.25, 0.3) is 0 Å². The zero-order valence-corrected chi connectivity index (χ0v) is 5.15. The molecule has 0 aromatic heterocycles. The molecule has 0 unspecified atom stereocenters. The lowest BCUT2D eigenvalue weighted by Gasteiger charge is -2.15. The highest BCUT2D eigenvalue weighted by Crippen LogP contribution is 2.08. The standard InChI is InChI=1S/C5H7ClO2/c6-4-5-7-2-1-3-8-5/h4H,1-3H2. The molecule has 1 saturated heterocycles. The van der Waals surface area contributed by atoms with Gasteiger partial charge in [0.15, 0.2) is 0 Å². The average molecular weight is 135 g/mol. The number of rotatable bonds is 0. The summed E-state index contributed by atoms with van der Waals surface area (Å²) in [6.45, 7) is 1.44. The lowest BCUT2D eigenvalue weighted by Crippen LogP contribution is -2.09. The van der Waals surface area contributed by atoms with E-state index in [-0.39, 0.29) is 0 Å². The Kier molecular flexibility index (Phi) is 2.03. The number of hydrogen-bond acceptors (Lipinski definition) is 2. The third kappa shape index (κ3) is 1.30. The van der Waals surface area contributed by atoms with Crippen LogP contribution >= 0.6 is 11.6 Å². The lowest BCUT2D eigenvalue weighted by atomic mass is 10.5. The molecule has 46 valence electrons. The minimum absolute atomic E-state index is 0.443. The molecule has 0 saturated carbocycles. The number of hydrogen-bond donors (Lipinski definition) is 0. The molecule has 1 fully saturated rings. The summed E-state index contributed by atoms with van der Waals surface area (Å²) in [5.41, 5.74) is 1.30. The van der Waals surface area contributed by atoms with Crippen molar-refractivity contribution in [2.75, 3.05) is 13.2 Å². The van der Waals surface area contributed by atoms with E-state index in [1.165, 1.54) is 5.54 Å². The molecular weight excluding hydrogens is 128 g/mol. The predicted octanol–water partition coefficient (Wildman–Crippen LogP) is 1.46. The maximum absolute atomic E-state index is 5.27. The smallest absolute Gasteiger partial charge is 0.290 e. The second-order valence-corrected chi connectivity index (χ2v) is 1.70. The third-order valence-electron chi connectivity index (χ3n) is 0.866. The van der Waals surface area contributed by atoms with Crippen LogP contribution in [0, 0.1) is 0 Å². The minimum Gasteiger partial charge on any atom is -0.465 e. The van der Waals surface area contributed by atoms with Crippen molar-refractivity contribution in [2.45, 2.75) is 6.42 Å². The van der Waals surface area contributed by atoms with E-state index in [1.807, 2.05) is 0 Å². The van der Waals surface area contributed by atoms with Crippen LogP contribution in [0.4, 0.5) is 0 Å². The van der Waals surface area contributed by atoms with E-state index in [9.17, 15) is 0 Å². The normalized spacial score (nSPS) is 18.9. The molecule has 0 atom stereocenters. The van der Waals surface area contributed by atoms with Gasteiger partial charge in [-0.3, -0.25) is 0 Å². The van der Waals surface area contributed by atoms with Gasteiger partial charge in [-0.1, -0.05) is 11.6 Å². The summed E-state index contributed by atoms with van der Waals surface area (Å²) in [4.78, 5) is 0. The first-order valence-corrected chi connectivity index (χ1v) is 2.93. The molecule has 0 bridgehead atoms. The number of halogens is 1. The zero-order chi connectivity index (χ0) is 5.82. The van der Waals surface area contributed by atoms with Crippen LogP contribution in [-0.4, -0.2) is 13.2 Å². The quantitative estimate of drug-likeness (QED) is 0.500. The van der Waals surface area contributed by atoms with E-state index in [4.69, 9.17) is 21.1 Å². The summed E-state index contributed by atoms with van der Waals surface area (Å²) < 4.78 is 9.87. The first-order chi connectivity index (χ1) is 3.93. The second-order valence-electron chi connectivity index (χ2n) is 1.48. The van der Waals surface area contributed by atoms with Crippen molar-refractivity contribution < 1.29 is 9.47 Å². The van der Waals surface area contributed by atoms with Gasteiger partial charge in [0.05, 0.1) is 18.7 Å². The molecule has 0 amide bonds. The fourth-order valence-electron chi connectivity index (χ4n) is 0.509. The largest absolute Gasteiger partial charge is 0.465 e. The summed E-state index contributed by atoms with van der Waals surface area (Å²) in [7, 11) is 0. The summed E-state index contributed by atoms with van der Waals surface area (Å²) >= 11 is 5.27. The molecule has 1 rings (SSSR count). The molecule has 0 aromatic rings. The molecular formula is C5H7ClO2. The summed E-state index contributed by atoms with van der Waals surface area (Å²) in [5.74, 6) is 0.443. The Labute approximate surface area is 53.0 Å². The molecule has 8 heavy (non-hydrogen) atoms. The summed E-state index contributed by atoms with van der Waals surface area (Å²) in [5, 5.41) is 0. The minimum atomic E-state index is 0.443. The van der Waals surface area contributed by atoms with Crippen molar-refractivity contribution in [3.05, 3.63) is 11.5 Å². The van der Waals surface area contributed by atoms with Gasteiger partial charge in [0.2, 0.25) is 0 Å². The van der Waals surface area contributed by atoms with Crippen LogP contribution in [0.2, 0.25) is 0 Å². The van der Waals surface area contributed by atoms with E-state index in [0.717, 1.165) is 19.6 Å². The highest BCUT2D eigenvalue weighted by molar-refractivity contribution is 6.25. The SMILES string of the molecule is ClC=C1OCCCO1. The Bertz CT molecular complexity index is 92.6. The van der Waals surface area contributed by atoms with Gasteiger partial charge >= 0.3 is 0 Å². The summed E-state index contributed by atoms with van der Waals surface area (Å²) in [6, 6.07) is 0. The van der Waals surface area contributed by atoms with E-state index in [2.05, 4.69) is 0 Å².